The number of ether oxygens (including phenoxy) is 2. The SMILES string of the molecule is COc1cc(/C=N\NC(=O)c2ccc(C)cc2)cc(OC)c1O. The van der Waals surface area contributed by atoms with Gasteiger partial charge in [-0.1, -0.05) is 17.7 Å². The van der Waals surface area contributed by atoms with Crippen molar-refractivity contribution in [3.8, 4) is 17.2 Å². The van der Waals surface area contributed by atoms with Crippen molar-refractivity contribution in [2.45, 2.75) is 6.92 Å². The molecule has 0 spiro atoms. The van der Waals surface area contributed by atoms with E-state index in [0.29, 0.717) is 11.1 Å². The second kappa shape index (κ2) is 7.31. The van der Waals surface area contributed by atoms with Crippen LogP contribution in [0.5, 0.6) is 17.2 Å². The molecule has 2 aromatic rings. The van der Waals surface area contributed by atoms with Crippen LogP contribution in [-0.4, -0.2) is 31.4 Å². The highest BCUT2D eigenvalue weighted by Gasteiger charge is 2.10. The average molecular weight is 314 g/mol. The standard InChI is InChI=1S/C17H18N2O4/c1-11-4-6-13(7-5-11)17(21)19-18-10-12-8-14(22-2)16(20)15(9-12)23-3/h4-10,20H,1-3H3,(H,19,21)/b18-10-. The molecule has 0 aliphatic carbocycles. The van der Waals surface area contributed by atoms with Crippen LogP contribution in [0.2, 0.25) is 0 Å². The molecular formula is C17H18N2O4. The molecule has 0 radical (unpaired) electrons. The lowest BCUT2D eigenvalue weighted by molar-refractivity contribution is 0.0955. The number of rotatable bonds is 5. The van der Waals surface area contributed by atoms with Gasteiger partial charge in [-0.2, -0.15) is 5.10 Å². The van der Waals surface area contributed by atoms with Crippen LogP contribution in [0.15, 0.2) is 41.5 Å². The number of carbonyl (C=O) groups excluding carboxylic acids is 1. The van der Waals surface area contributed by atoms with Gasteiger partial charge in [0.2, 0.25) is 5.75 Å². The Morgan fingerprint density at radius 2 is 1.70 bits per heavy atom. The van der Waals surface area contributed by atoms with Crippen LogP contribution in [0.25, 0.3) is 0 Å². The highest BCUT2D eigenvalue weighted by molar-refractivity contribution is 5.95. The van der Waals surface area contributed by atoms with Crippen LogP contribution in [-0.2, 0) is 0 Å². The van der Waals surface area contributed by atoms with Crippen LogP contribution < -0.4 is 14.9 Å². The first-order chi connectivity index (χ1) is 11.0. The Morgan fingerprint density at radius 3 is 2.22 bits per heavy atom. The van der Waals surface area contributed by atoms with Gasteiger partial charge in [-0.05, 0) is 31.2 Å². The summed E-state index contributed by atoms with van der Waals surface area (Å²) in [6.45, 7) is 1.95. The summed E-state index contributed by atoms with van der Waals surface area (Å²) in [6, 6.07) is 10.3. The summed E-state index contributed by atoms with van der Waals surface area (Å²) in [4.78, 5) is 11.9. The van der Waals surface area contributed by atoms with Crippen molar-refractivity contribution in [2.24, 2.45) is 5.10 Å². The second-order valence-corrected chi connectivity index (χ2v) is 4.84. The molecule has 0 aromatic heterocycles. The Bertz CT molecular complexity index is 699. The molecule has 120 valence electrons. The molecular weight excluding hydrogens is 296 g/mol. The number of hydrazone groups is 1. The van der Waals surface area contributed by atoms with E-state index in [1.54, 1.807) is 24.3 Å². The molecule has 0 unspecified atom stereocenters. The molecule has 0 heterocycles. The highest BCUT2D eigenvalue weighted by atomic mass is 16.5. The van der Waals surface area contributed by atoms with Gasteiger partial charge in [0, 0.05) is 11.1 Å². The highest BCUT2D eigenvalue weighted by Crippen LogP contribution is 2.36. The van der Waals surface area contributed by atoms with Crippen molar-refractivity contribution in [3.05, 3.63) is 53.1 Å². The number of phenolic OH excluding ortho intramolecular Hbond substituents is 1. The fourth-order valence-electron chi connectivity index (χ4n) is 1.92. The number of benzene rings is 2. The number of hydrogen-bond acceptors (Lipinski definition) is 5. The Labute approximate surface area is 134 Å². The van der Waals surface area contributed by atoms with Crippen molar-refractivity contribution in [3.63, 3.8) is 0 Å². The lowest BCUT2D eigenvalue weighted by Gasteiger charge is -2.09. The first-order valence-corrected chi connectivity index (χ1v) is 6.90. The van der Waals surface area contributed by atoms with E-state index in [1.165, 1.54) is 20.4 Å². The van der Waals surface area contributed by atoms with E-state index in [0.717, 1.165) is 5.56 Å². The van der Waals surface area contributed by atoms with E-state index in [4.69, 9.17) is 9.47 Å². The number of aryl methyl sites for hydroxylation is 1. The smallest absolute Gasteiger partial charge is 0.271 e. The quantitative estimate of drug-likeness (QED) is 0.656. The molecule has 2 aromatic carbocycles. The molecule has 2 N–H and O–H groups in total. The molecule has 0 fully saturated rings. The Kier molecular flexibility index (Phi) is 5.19. The zero-order valence-electron chi connectivity index (χ0n) is 13.2. The minimum Gasteiger partial charge on any atom is -0.502 e. The summed E-state index contributed by atoms with van der Waals surface area (Å²) in [5.74, 6) is 0.126. The second-order valence-electron chi connectivity index (χ2n) is 4.84. The van der Waals surface area contributed by atoms with Gasteiger partial charge in [0.25, 0.3) is 5.91 Å². The maximum absolute atomic E-state index is 11.9. The monoisotopic (exact) mass is 314 g/mol. The van der Waals surface area contributed by atoms with E-state index in [1.807, 2.05) is 19.1 Å². The van der Waals surface area contributed by atoms with E-state index < -0.39 is 0 Å². The van der Waals surface area contributed by atoms with Crippen molar-refractivity contribution in [1.29, 1.82) is 0 Å². The first-order valence-electron chi connectivity index (χ1n) is 6.90. The Hall–Kier alpha value is -3.02. The Balaban J connectivity index is 2.11. The molecule has 6 nitrogen and oxygen atoms in total. The van der Waals surface area contributed by atoms with Gasteiger partial charge in [0.15, 0.2) is 11.5 Å². The zero-order valence-corrected chi connectivity index (χ0v) is 13.2. The van der Waals surface area contributed by atoms with E-state index >= 15 is 0 Å². The average Bonchev–Trinajstić information content (AvgIpc) is 2.56. The van der Waals surface area contributed by atoms with Crippen LogP contribution in [0.4, 0.5) is 0 Å². The number of methoxy groups -OCH3 is 2. The molecule has 0 bridgehead atoms. The molecule has 0 aliphatic rings. The van der Waals surface area contributed by atoms with Gasteiger partial charge in [-0.3, -0.25) is 4.79 Å². The lowest BCUT2D eigenvalue weighted by Crippen LogP contribution is -2.17. The maximum atomic E-state index is 11.9. The summed E-state index contributed by atoms with van der Waals surface area (Å²) in [7, 11) is 2.88. The van der Waals surface area contributed by atoms with Crippen molar-refractivity contribution in [2.75, 3.05) is 14.2 Å². The summed E-state index contributed by atoms with van der Waals surface area (Å²) in [5.41, 5.74) is 4.65. The van der Waals surface area contributed by atoms with Gasteiger partial charge in [-0.15, -0.1) is 0 Å². The minimum absolute atomic E-state index is 0.0872. The maximum Gasteiger partial charge on any atom is 0.271 e. The number of aromatic hydroxyl groups is 1. The molecule has 23 heavy (non-hydrogen) atoms. The van der Waals surface area contributed by atoms with E-state index in [2.05, 4.69) is 10.5 Å². The van der Waals surface area contributed by atoms with Crippen LogP contribution in [0.3, 0.4) is 0 Å². The molecule has 0 atom stereocenters. The number of carbonyl (C=O) groups is 1. The summed E-state index contributed by atoms with van der Waals surface area (Å²) in [6.07, 6.45) is 1.44. The minimum atomic E-state index is -0.307. The number of amides is 1. The van der Waals surface area contributed by atoms with Crippen LogP contribution >= 0.6 is 0 Å². The van der Waals surface area contributed by atoms with Gasteiger partial charge in [-0.25, -0.2) is 5.43 Å². The zero-order chi connectivity index (χ0) is 16.8. The third kappa shape index (κ3) is 4.00. The molecule has 2 rings (SSSR count). The third-order valence-corrected chi connectivity index (χ3v) is 3.20. The number of nitrogens with one attached hydrogen (secondary N) is 1. The molecule has 0 saturated carbocycles. The van der Waals surface area contributed by atoms with Crippen LogP contribution in [0.1, 0.15) is 21.5 Å². The largest absolute Gasteiger partial charge is 0.502 e. The normalized spacial score (nSPS) is 10.6. The van der Waals surface area contributed by atoms with Gasteiger partial charge >= 0.3 is 0 Å². The van der Waals surface area contributed by atoms with Gasteiger partial charge in [0.1, 0.15) is 0 Å². The fraction of sp³-hybridized carbons (Fsp3) is 0.176. The van der Waals surface area contributed by atoms with Crippen molar-refractivity contribution < 1.29 is 19.4 Å². The third-order valence-electron chi connectivity index (χ3n) is 3.20. The van der Waals surface area contributed by atoms with Crippen molar-refractivity contribution in [1.82, 2.24) is 5.43 Å². The van der Waals surface area contributed by atoms with E-state index in [-0.39, 0.29) is 23.2 Å². The summed E-state index contributed by atoms with van der Waals surface area (Å²) < 4.78 is 10.1. The fourth-order valence-corrected chi connectivity index (χ4v) is 1.92. The number of nitrogens with zero attached hydrogens (tertiary/aromatic N) is 1. The predicted octanol–water partition coefficient (Wildman–Crippen LogP) is 2.48. The Morgan fingerprint density at radius 1 is 1.13 bits per heavy atom. The summed E-state index contributed by atoms with van der Waals surface area (Å²) in [5, 5.41) is 13.7. The van der Waals surface area contributed by atoms with Crippen molar-refractivity contribution >= 4 is 12.1 Å². The summed E-state index contributed by atoms with van der Waals surface area (Å²) >= 11 is 0. The predicted molar refractivity (Wildman–Crippen MR) is 87.5 cm³/mol. The van der Waals surface area contributed by atoms with Crippen LogP contribution in [0, 0.1) is 6.92 Å². The molecule has 1 amide bonds. The number of phenols is 1. The number of hydrogen-bond donors (Lipinski definition) is 2. The first kappa shape index (κ1) is 16.4. The molecule has 0 aliphatic heterocycles. The lowest BCUT2D eigenvalue weighted by atomic mass is 10.1. The van der Waals surface area contributed by atoms with Gasteiger partial charge in [0.05, 0.1) is 20.4 Å². The van der Waals surface area contributed by atoms with Gasteiger partial charge < -0.3 is 14.6 Å². The molecule has 0 saturated heterocycles. The topological polar surface area (TPSA) is 80.2 Å². The van der Waals surface area contributed by atoms with E-state index in [9.17, 15) is 9.90 Å². The molecule has 6 heteroatoms.